The lowest BCUT2D eigenvalue weighted by atomic mass is 10.1. The van der Waals surface area contributed by atoms with Crippen molar-refractivity contribution in [3.8, 4) is 0 Å². The van der Waals surface area contributed by atoms with E-state index in [0.717, 1.165) is 6.54 Å². The number of thioether (sulfide) groups is 1. The fourth-order valence-electron chi connectivity index (χ4n) is 1.85. The first-order valence-electron chi connectivity index (χ1n) is 6.74. The van der Waals surface area contributed by atoms with E-state index in [1.807, 2.05) is 11.8 Å². The summed E-state index contributed by atoms with van der Waals surface area (Å²) in [6, 6.07) is 9.40. The van der Waals surface area contributed by atoms with Gasteiger partial charge in [-0.25, -0.2) is 0 Å². The van der Waals surface area contributed by atoms with Crippen LogP contribution < -0.4 is 5.32 Å². The molecule has 0 aliphatic heterocycles. The quantitative estimate of drug-likeness (QED) is 0.573. The normalized spacial score (nSPS) is 12.9. The number of nitrogens with one attached hydrogen (secondary N) is 1. The maximum absolute atomic E-state index is 3.43. The molecule has 1 rings (SSSR count). The number of benzene rings is 1. The van der Waals surface area contributed by atoms with Gasteiger partial charge in [0.15, 0.2) is 0 Å². The summed E-state index contributed by atoms with van der Waals surface area (Å²) in [6.07, 6.45) is 1.24. The molecule has 1 aromatic rings. The predicted octanol–water partition coefficient (Wildman–Crippen LogP) is 3.40. The molecule has 0 saturated carbocycles. The van der Waals surface area contributed by atoms with Gasteiger partial charge in [0.2, 0.25) is 0 Å². The molecule has 102 valence electrons. The van der Waals surface area contributed by atoms with E-state index in [0.29, 0.717) is 6.04 Å². The van der Waals surface area contributed by atoms with Crippen molar-refractivity contribution in [1.82, 2.24) is 10.2 Å². The highest BCUT2D eigenvalue weighted by Crippen LogP contribution is 2.21. The van der Waals surface area contributed by atoms with Crippen LogP contribution in [0.25, 0.3) is 0 Å². The van der Waals surface area contributed by atoms with Crippen molar-refractivity contribution in [2.45, 2.75) is 31.2 Å². The molecule has 1 N–H and O–H groups in total. The van der Waals surface area contributed by atoms with Gasteiger partial charge in [-0.05, 0) is 64.0 Å². The van der Waals surface area contributed by atoms with Crippen LogP contribution in [0.1, 0.15) is 31.9 Å². The lowest BCUT2D eigenvalue weighted by molar-refractivity contribution is 0.410. The van der Waals surface area contributed by atoms with E-state index in [1.165, 1.54) is 29.2 Å². The summed E-state index contributed by atoms with van der Waals surface area (Å²) in [7, 11) is 4.25. The molecule has 1 aromatic carbocycles. The van der Waals surface area contributed by atoms with Gasteiger partial charge in [-0.1, -0.05) is 19.1 Å². The molecule has 2 nitrogen and oxygen atoms in total. The summed E-state index contributed by atoms with van der Waals surface area (Å²) in [6.45, 7) is 6.54. The standard InChI is InChI=1S/C15H26N2S/c1-5-16-13(2)14-7-9-15(10-8-14)18-12-6-11-17(3)4/h7-10,13,16H,5-6,11-12H2,1-4H3. The Labute approximate surface area is 116 Å². The molecule has 0 aromatic heterocycles. The van der Waals surface area contributed by atoms with Crippen molar-refractivity contribution in [3.63, 3.8) is 0 Å². The number of rotatable bonds is 8. The van der Waals surface area contributed by atoms with Crippen LogP contribution in [0.5, 0.6) is 0 Å². The Bertz CT molecular complexity index is 322. The van der Waals surface area contributed by atoms with E-state index in [-0.39, 0.29) is 0 Å². The van der Waals surface area contributed by atoms with Gasteiger partial charge in [0.1, 0.15) is 0 Å². The van der Waals surface area contributed by atoms with E-state index in [4.69, 9.17) is 0 Å². The zero-order valence-corrected chi connectivity index (χ0v) is 12.9. The molecule has 3 heteroatoms. The summed E-state index contributed by atoms with van der Waals surface area (Å²) in [4.78, 5) is 3.61. The molecule has 0 radical (unpaired) electrons. The van der Waals surface area contributed by atoms with Crippen LogP contribution in [-0.2, 0) is 0 Å². The van der Waals surface area contributed by atoms with E-state index in [9.17, 15) is 0 Å². The van der Waals surface area contributed by atoms with Crippen LogP contribution >= 0.6 is 11.8 Å². The van der Waals surface area contributed by atoms with Crippen LogP contribution in [0.2, 0.25) is 0 Å². The van der Waals surface area contributed by atoms with Gasteiger partial charge in [-0.3, -0.25) is 0 Å². The minimum Gasteiger partial charge on any atom is -0.310 e. The van der Waals surface area contributed by atoms with E-state index in [2.05, 4.69) is 62.4 Å². The van der Waals surface area contributed by atoms with Gasteiger partial charge < -0.3 is 10.2 Å². The fraction of sp³-hybridized carbons (Fsp3) is 0.600. The summed E-state index contributed by atoms with van der Waals surface area (Å²) >= 11 is 1.95. The lowest BCUT2D eigenvalue weighted by Crippen LogP contribution is -2.17. The summed E-state index contributed by atoms with van der Waals surface area (Å²) < 4.78 is 0. The fourth-order valence-corrected chi connectivity index (χ4v) is 2.69. The van der Waals surface area contributed by atoms with Crippen molar-refractivity contribution in [1.29, 1.82) is 0 Å². The Hall–Kier alpha value is -0.510. The Balaban J connectivity index is 2.36. The van der Waals surface area contributed by atoms with Gasteiger partial charge in [-0.2, -0.15) is 0 Å². The molecule has 1 atom stereocenters. The van der Waals surface area contributed by atoms with Crippen molar-refractivity contribution in [2.75, 3.05) is 32.9 Å². The van der Waals surface area contributed by atoms with Gasteiger partial charge >= 0.3 is 0 Å². The van der Waals surface area contributed by atoms with Crippen molar-refractivity contribution < 1.29 is 0 Å². The second-order valence-electron chi connectivity index (χ2n) is 4.85. The number of hydrogen-bond donors (Lipinski definition) is 1. The maximum Gasteiger partial charge on any atom is 0.0291 e. The summed E-state index contributed by atoms with van der Waals surface area (Å²) in [5.74, 6) is 1.19. The van der Waals surface area contributed by atoms with E-state index >= 15 is 0 Å². The van der Waals surface area contributed by atoms with Crippen LogP contribution in [0, 0.1) is 0 Å². The second-order valence-corrected chi connectivity index (χ2v) is 6.02. The third kappa shape index (κ3) is 5.89. The van der Waals surface area contributed by atoms with Gasteiger partial charge in [0, 0.05) is 10.9 Å². The molecule has 0 bridgehead atoms. The molecule has 1 unspecified atom stereocenters. The van der Waals surface area contributed by atoms with Crippen LogP contribution in [0.3, 0.4) is 0 Å². The third-order valence-corrected chi connectivity index (χ3v) is 4.01. The molecule has 0 aliphatic rings. The average Bonchev–Trinajstić information content (AvgIpc) is 2.35. The SMILES string of the molecule is CCNC(C)c1ccc(SCCCN(C)C)cc1. The van der Waals surface area contributed by atoms with Gasteiger partial charge in [0.25, 0.3) is 0 Å². The Morgan fingerprint density at radius 3 is 2.44 bits per heavy atom. The van der Waals surface area contributed by atoms with E-state index in [1.54, 1.807) is 0 Å². The monoisotopic (exact) mass is 266 g/mol. The highest BCUT2D eigenvalue weighted by molar-refractivity contribution is 7.99. The van der Waals surface area contributed by atoms with Crippen LogP contribution in [0.4, 0.5) is 0 Å². The zero-order valence-electron chi connectivity index (χ0n) is 12.1. The minimum absolute atomic E-state index is 0.447. The average molecular weight is 266 g/mol. The molecule has 0 aliphatic carbocycles. The van der Waals surface area contributed by atoms with Crippen LogP contribution in [0.15, 0.2) is 29.2 Å². The first kappa shape index (κ1) is 15.5. The first-order valence-corrected chi connectivity index (χ1v) is 7.73. The van der Waals surface area contributed by atoms with Crippen molar-refractivity contribution >= 4 is 11.8 Å². The summed E-state index contributed by atoms with van der Waals surface area (Å²) in [5.41, 5.74) is 1.37. The predicted molar refractivity (Wildman–Crippen MR) is 82.4 cm³/mol. The number of hydrogen-bond acceptors (Lipinski definition) is 3. The molecule has 0 saturated heterocycles. The van der Waals surface area contributed by atoms with Crippen molar-refractivity contribution in [2.24, 2.45) is 0 Å². The van der Waals surface area contributed by atoms with Gasteiger partial charge in [-0.15, -0.1) is 11.8 Å². The van der Waals surface area contributed by atoms with Gasteiger partial charge in [0.05, 0.1) is 0 Å². The Morgan fingerprint density at radius 1 is 1.22 bits per heavy atom. The molecule has 0 fully saturated rings. The molecular weight excluding hydrogens is 240 g/mol. The third-order valence-electron chi connectivity index (χ3n) is 2.91. The topological polar surface area (TPSA) is 15.3 Å². The Kier molecular flexibility index (Phi) is 7.40. The highest BCUT2D eigenvalue weighted by Gasteiger charge is 2.03. The molecular formula is C15H26N2S. The molecule has 0 amide bonds. The molecule has 0 spiro atoms. The first-order chi connectivity index (χ1) is 8.63. The largest absolute Gasteiger partial charge is 0.310 e. The number of nitrogens with zero attached hydrogens (tertiary/aromatic N) is 1. The lowest BCUT2D eigenvalue weighted by Gasteiger charge is -2.13. The minimum atomic E-state index is 0.447. The summed E-state index contributed by atoms with van der Waals surface area (Å²) in [5, 5.41) is 3.43. The van der Waals surface area contributed by atoms with Crippen molar-refractivity contribution in [3.05, 3.63) is 29.8 Å². The second kappa shape index (κ2) is 8.57. The molecule has 0 heterocycles. The van der Waals surface area contributed by atoms with Crippen LogP contribution in [-0.4, -0.2) is 37.8 Å². The zero-order chi connectivity index (χ0) is 13.4. The maximum atomic E-state index is 3.43. The van der Waals surface area contributed by atoms with E-state index < -0.39 is 0 Å². The Morgan fingerprint density at radius 2 is 1.89 bits per heavy atom. The highest BCUT2D eigenvalue weighted by atomic mass is 32.2. The smallest absolute Gasteiger partial charge is 0.0291 e. The molecule has 18 heavy (non-hydrogen) atoms.